The summed E-state index contributed by atoms with van der Waals surface area (Å²) in [5.74, 6) is -0.139. The van der Waals surface area contributed by atoms with E-state index in [0.29, 0.717) is 5.82 Å². The third-order valence-corrected chi connectivity index (χ3v) is 7.24. The Hall–Kier alpha value is -3.13. The van der Waals surface area contributed by atoms with Gasteiger partial charge in [-0.1, -0.05) is 18.2 Å². The molecule has 1 aliphatic heterocycles. The van der Waals surface area contributed by atoms with Crippen LogP contribution in [0.5, 0.6) is 5.75 Å². The number of hydrogen-bond acceptors (Lipinski definition) is 11. The number of hydrogen-bond donors (Lipinski definition) is 4. The molecule has 0 bridgehead atoms. The summed E-state index contributed by atoms with van der Waals surface area (Å²) in [6.45, 7) is 5.90. The molecule has 4 N–H and O–H groups in total. The number of ether oxygens (including phenoxy) is 2. The number of esters is 1. The lowest BCUT2D eigenvalue weighted by Crippen LogP contribution is -2.38. The van der Waals surface area contributed by atoms with E-state index in [-0.39, 0.29) is 16.9 Å². The molecule has 14 nitrogen and oxygen atoms in total. The molecule has 6 atom stereocenters. The minimum atomic E-state index is -4.23. The van der Waals surface area contributed by atoms with E-state index in [4.69, 9.17) is 18.5 Å². The molecule has 38 heavy (non-hydrogen) atoms. The van der Waals surface area contributed by atoms with E-state index in [1.165, 1.54) is 17.8 Å². The summed E-state index contributed by atoms with van der Waals surface area (Å²) < 4.78 is 37.1. The van der Waals surface area contributed by atoms with Gasteiger partial charge in [-0.2, -0.15) is 5.09 Å². The van der Waals surface area contributed by atoms with Crippen LogP contribution in [-0.4, -0.2) is 72.8 Å². The third-order valence-electron chi connectivity index (χ3n) is 5.60. The largest absolute Gasteiger partial charge is 0.462 e. The van der Waals surface area contributed by atoms with Gasteiger partial charge < -0.3 is 29.2 Å². The molecule has 0 amide bonds. The molecule has 15 heteroatoms. The van der Waals surface area contributed by atoms with Crippen molar-refractivity contribution in [3.63, 3.8) is 0 Å². The van der Waals surface area contributed by atoms with E-state index in [2.05, 4.69) is 20.0 Å². The van der Waals surface area contributed by atoms with E-state index < -0.39 is 62.6 Å². The van der Waals surface area contributed by atoms with Crippen LogP contribution in [0.1, 0.15) is 32.8 Å². The molecule has 0 spiro atoms. The fourth-order valence-electron chi connectivity index (χ4n) is 3.82. The molecule has 4 rings (SSSR count). The van der Waals surface area contributed by atoms with Crippen molar-refractivity contribution in [3.05, 3.63) is 52.8 Å². The van der Waals surface area contributed by atoms with Gasteiger partial charge in [0.05, 0.1) is 19.0 Å². The molecule has 3 aromatic rings. The Morgan fingerprint density at radius 2 is 1.95 bits per heavy atom. The van der Waals surface area contributed by atoms with Crippen LogP contribution in [0.25, 0.3) is 11.2 Å². The third kappa shape index (κ3) is 6.12. The van der Waals surface area contributed by atoms with Gasteiger partial charge in [-0.05, 0) is 39.8 Å². The Labute approximate surface area is 217 Å². The van der Waals surface area contributed by atoms with Crippen LogP contribution >= 0.6 is 7.75 Å². The summed E-state index contributed by atoms with van der Waals surface area (Å²) in [6, 6.07) is 7.11. The lowest BCUT2D eigenvalue weighted by atomic mass is 10.1. The lowest BCUT2D eigenvalue weighted by Gasteiger charge is -2.25. The average molecular weight is 551 g/mol. The Kier molecular flexibility index (Phi) is 8.31. The van der Waals surface area contributed by atoms with Gasteiger partial charge in [-0.15, -0.1) is 0 Å². The summed E-state index contributed by atoms with van der Waals surface area (Å²) >= 11 is 0. The summed E-state index contributed by atoms with van der Waals surface area (Å²) in [7, 11) is -4.23. The Morgan fingerprint density at radius 3 is 2.63 bits per heavy atom. The van der Waals surface area contributed by atoms with E-state index in [0.717, 1.165) is 0 Å². The standard InChI is InChI=1S/C23H30N5O9P/c1-12(2)35-23(32)13(3)27-38(33,37-15-8-6-5-7-9-15)34-10-16-18(29)19(30)22(36-16)28-11-24-17-20(28)25-14(4)26-21(17)31/h5-9,11-13,16,18-19,22,29-30H,10H2,1-4H3,(H,27,33)(H,25,26,31)/t13-,16-,18-,19-,22-,38?/m1/s1. The van der Waals surface area contributed by atoms with E-state index >= 15 is 0 Å². The van der Waals surface area contributed by atoms with Crippen molar-refractivity contribution in [2.75, 3.05) is 6.61 Å². The molecule has 0 radical (unpaired) electrons. The van der Waals surface area contributed by atoms with Crippen LogP contribution in [0.15, 0.2) is 41.5 Å². The van der Waals surface area contributed by atoms with Crippen molar-refractivity contribution in [2.24, 2.45) is 0 Å². The zero-order chi connectivity index (χ0) is 27.6. The minimum absolute atomic E-state index is 0.0350. The Bertz CT molecular complexity index is 1380. The first kappa shape index (κ1) is 27.9. The van der Waals surface area contributed by atoms with Crippen LogP contribution in [0.3, 0.4) is 0 Å². The molecule has 1 saturated heterocycles. The van der Waals surface area contributed by atoms with Gasteiger partial charge in [0.15, 0.2) is 17.4 Å². The fraction of sp³-hybridized carbons (Fsp3) is 0.478. The molecule has 1 unspecified atom stereocenters. The summed E-state index contributed by atoms with van der Waals surface area (Å²) in [4.78, 5) is 35.3. The molecule has 0 aliphatic carbocycles. The predicted molar refractivity (Wildman–Crippen MR) is 133 cm³/mol. The van der Waals surface area contributed by atoms with Crippen molar-refractivity contribution in [3.8, 4) is 5.75 Å². The molecule has 0 saturated carbocycles. The SMILES string of the molecule is Cc1nc2c(ncn2[C@@H]2O[C@H](COP(=O)(N[C@H](C)C(=O)OC(C)C)Oc3ccccc3)[C@@H](O)[C@H]2O)c(=O)[nH]1. The summed E-state index contributed by atoms with van der Waals surface area (Å²) in [5.41, 5.74) is -0.275. The van der Waals surface area contributed by atoms with E-state index in [1.54, 1.807) is 51.1 Å². The highest BCUT2D eigenvalue weighted by molar-refractivity contribution is 7.52. The Morgan fingerprint density at radius 1 is 1.24 bits per heavy atom. The first-order chi connectivity index (χ1) is 18.0. The maximum absolute atomic E-state index is 13.7. The number of aromatic amines is 1. The molecule has 206 valence electrons. The monoisotopic (exact) mass is 551 g/mol. The van der Waals surface area contributed by atoms with Gasteiger partial charge in [0.1, 0.15) is 35.9 Å². The quantitative estimate of drug-likeness (QED) is 0.208. The average Bonchev–Trinajstić information content (AvgIpc) is 3.39. The molecule has 1 fully saturated rings. The van der Waals surface area contributed by atoms with Crippen LogP contribution in [0.2, 0.25) is 0 Å². The van der Waals surface area contributed by atoms with Gasteiger partial charge >= 0.3 is 13.7 Å². The smallest absolute Gasteiger partial charge is 0.459 e. The summed E-state index contributed by atoms with van der Waals surface area (Å²) in [5, 5.41) is 23.9. The molecule has 3 heterocycles. The van der Waals surface area contributed by atoms with Crippen LogP contribution in [0.4, 0.5) is 0 Å². The molecular formula is C23H30N5O9P. The molecule has 2 aromatic heterocycles. The second-order valence-corrected chi connectivity index (χ2v) is 10.7. The number of aryl methyl sites for hydroxylation is 1. The normalized spacial score (nSPS) is 23.9. The number of H-pyrrole nitrogens is 1. The molecule has 1 aromatic carbocycles. The van der Waals surface area contributed by atoms with Crippen molar-refractivity contribution < 1.29 is 38.1 Å². The number of imidazole rings is 1. The first-order valence-corrected chi connectivity index (χ1v) is 13.4. The number of aromatic nitrogens is 4. The molecular weight excluding hydrogens is 521 g/mol. The Balaban J connectivity index is 1.52. The number of aliphatic hydroxyl groups is 2. The van der Waals surface area contributed by atoms with Crippen LogP contribution < -0.4 is 15.2 Å². The zero-order valence-corrected chi connectivity index (χ0v) is 22.1. The first-order valence-electron chi connectivity index (χ1n) is 11.9. The van der Waals surface area contributed by atoms with E-state index in [9.17, 15) is 24.4 Å². The highest BCUT2D eigenvalue weighted by Crippen LogP contribution is 2.46. The van der Waals surface area contributed by atoms with Crippen LogP contribution in [-0.2, 0) is 23.4 Å². The van der Waals surface area contributed by atoms with Gasteiger partial charge in [0, 0.05) is 0 Å². The topological polar surface area (TPSA) is 187 Å². The van der Waals surface area contributed by atoms with Crippen molar-refractivity contribution >= 4 is 24.9 Å². The maximum Gasteiger partial charge on any atom is 0.459 e. The number of carbonyl (C=O) groups is 1. The number of nitrogens with zero attached hydrogens (tertiary/aromatic N) is 3. The fourth-order valence-corrected chi connectivity index (χ4v) is 5.33. The van der Waals surface area contributed by atoms with E-state index in [1.807, 2.05) is 0 Å². The van der Waals surface area contributed by atoms with Crippen molar-refractivity contribution in [1.82, 2.24) is 24.6 Å². The maximum atomic E-state index is 13.7. The number of carbonyl (C=O) groups excluding carboxylic acids is 1. The number of fused-ring (bicyclic) bond motifs is 1. The second kappa shape index (κ2) is 11.3. The number of para-hydroxylation sites is 1. The molecule has 1 aliphatic rings. The zero-order valence-electron chi connectivity index (χ0n) is 21.2. The predicted octanol–water partition coefficient (Wildman–Crippen LogP) is 1.18. The van der Waals surface area contributed by atoms with Gasteiger partial charge in [0.25, 0.3) is 5.56 Å². The minimum Gasteiger partial charge on any atom is -0.462 e. The van der Waals surface area contributed by atoms with Crippen molar-refractivity contribution in [2.45, 2.75) is 64.4 Å². The van der Waals surface area contributed by atoms with Crippen molar-refractivity contribution in [1.29, 1.82) is 0 Å². The lowest BCUT2D eigenvalue weighted by molar-refractivity contribution is -0.149. The van der Waals surface area contributed by atoms with Gasteiger partial charge in [-0.25, -0.2) is 14.5 Å². The number of benzene rings is 1. The number of rotatable bonds is 10. The number of nitrogens with one attached hydrogen (secondary N) is 2. The highest BCUT2D eigenvalue weighted by Gasteiger charge is 2.46. The van der Waals surface area contributed by atoms with Gasteiger partial charge in [-0.3, -0.25) is 18.7 Å². The number of aliphatic hydroxyl groups excluding tert-OH is 2. The van der Waals surface area contributed by atoms with Crippen LogP contribution in [0, 0.1) is 6.92 Å². The second-order valence-electron chi connectivity index (χ2n) is 9.06. The van der Waals surface area contributed by atoms with Gasteiger partial charge in [0.2, 0.25) is 0 Å². The highest BCUT2D eigenvalue weighted by atomic mass is 31.2. The summed E-state index contributed by atoms with van der Waals surface area (Å²) in [6.07, 6.45) is -4.37.